The van der Waals surface area contributed by atoms with Crippen LogP contribution in [0.2, 0.25) is 5.02 Å². The van der Waals surface area contributed by atoms with E-state index in [1.54, 1.807) is 0 Å². The van der Waals surface area contributed by atoms with Crippen molar-refractivity contribution in [2.45, 2.75) is 37.4 Å². The summed E-state index contributed by atoms with van der Waals surface area (Å²) in [5.74, 6) is 0.0888. The monoisotopic (exact) mass is 344 g/mol. The molecule has 22 heavy (non-hydrogen) atoms. The van der Waals surface area contributed by atoms with E-state index in [4.69, 9.17) is 11.6 Å². The van der Waals surface area contributed by atoms with Crippen LogP contribution < -0.4 is 21.5 Å². The van der Waals surface area contributed by atoms with Crippen LogP contribution in [0.5, 0.6) is 0 Å². The molecule has 2 unspecified atom stereocenters. The highest BCUT2D eigenvalue weighted by Gasteiger charge is 2.31. The third-order valence-corrected chi connectivity index (χ3v) is 4.43. The van der Waals surface area contributed by atoms with Crippen LogP contribution in [-0.4, -0.2) is 31.1 Å². The smallest absolute Gasteiger partial charge is 0.238 e. The Bertz CT molecular complexity index is 491. The SMILES string of the molecule is Cl.O=C(NC1CCNCC1)C1CC(c2ccc(Cl)cc2)NN1. The van der Waals surface area contributed by atoms with Crippen LogP contribution in [0.4, 0.5) is 0 Å². The summed E-state index contributed by atoms with van der Waals surface area (Å²) in [6.07, 6.45) is 2.76. The Labute approximate surface area is 141 Å². The molecule has 1 amide bonds. The third-order valence-electron chi connectivity index (χ3n) is 4.18. The largest absolute Gasteiger partial charge is 0.352 e. The molecule has 2 heterocycles. The first-order valence-corrected chi connectivity index (χ1v) is 7.88. The number of carbonyl (C=O) groups excluding carboxylic acids is 1. The first-order valence-electron chi connectivity index (χ1n) is 7.50. The fourth-order valence-corrected chi connectivity index (χ4v) is 3.04. The van der Waals surface area contributed by atoms with Crippen LogP contribution in [0.25, 0.3) is 0 Å². The molecule has 0 spiro atoms. The molecule has 3 rings (SSSR count). The summed E-state index contributed by atoms with van der Waals surface area (Å²) in [4.78, 5) is 12.3. The summed E-state index contributed by atoms with van der Waals surface area (Å²) in [7, 11) is 0. The molecule has 2 aliphatic rings. The number of amides is 1. The summed E-state index contributed by atoms with van der Waals surface area (Å²) in [6.45, 7) is 1.96. The molecule has 0 radical (unpaired) electrons. The van der Waals surface area contributed by atoms with Crippen molar-refractivity contribution in [3.05, 3.63) is 34.9 Å². The molecule has 1 aromatic carbocycles. The van der Waals surface area contributed by atoms with Gasteiger partial charge in [-0.05, 0) is 50.0 Å². The van der Waals surface area contributed by atoms with Crippen LogP contribution in [0, 0.1) is 0 Å². The predicted octanol–water partition coefficient (Wildman–Crippen LogP) is 1.54. The lowest BCUT2D eigenvalue weighted by molar-refractivity contribution is -0.123. The maximum Gasteiger partial charge on any atom is 0.238 e. The van der Waals surface area contributed by atoms with Gasteiger partial charge in [0.25, 0.3) is 0 Å². The normalized spacial score (nSPS) is 25.5. The van der Waals surface area contributed by atoms with Crippen molar-refractivity contribution in [3.8, 4) is 0 Å². The van der Waals surface area contributed by atoms with E-state index < -0.39 is 0 Å². The fraction of sp³-hybridized carbons (Fsp3) is 0.533. The second-order valence-electron chi connectivity index (χ2n) is 5.71. The Morgan fingerprint density at radius 1 is 1.14 bits per heavy atom. The van der Waals surface area contributed by atoms with Gasteiger partial charge in [0.1, 0.15) is 6.04 Å². The molecule has 0 aliphatic carbocycles. The first-order chi connectivity index (χ1) is 10.2. The number of nitrogens with one attached hydrogen (secondary N) is 4. The maximum absolute atomic E-state index is 12.3. The predicted molar refractivity (Wildman–Crippen MR) is 90.2 cm³/mol. The maximum atomic E-state index is 12.3. The van der Waals surface area contributed by atoms with Crippen molar-refractivity contribution in [2.75, 3.05) is 13.1 Å². The van der Waals surface area contributed by atoms with Crippen molar-refractivity contribution < 1.29 is 4.79 Å². The summed E-state index contributed by atoms with van der Waals surface area (Å²) in [5.41, 5.74) is 7.44. The number of piperidine rings is 1. The Hall–Kier alpha value is -0.850. The van der Waals surface area contributed by atoms with Crippen molar-refractivity contribution in [2.24, 2.45) is 0 Å². The van der Waals surface area contributed by atoms with E-state index in [1.165, 1.54) is 0 Å². The molecule has 0 aromatic heterocycles. The molecule has 5 nitrogen and oxygen atoms in total. The van der Waals surface area contributed by atoms with Gasteiger partial charge >= 0.3 is 0 Å². The molecule has 0 saturated carbocycles. The van der Waals surface area contributed by atoms with Gasteiger partial charge < -0.3 is 10.6 Å². The fourth-order valence-electron chi connectivity index (χ4n) is 2.91. The minimum atomic E-state index is -0.180. The highest BCUT2D eigenvalue weighted by molar-refractivity contribution is 6.30. The second kappa shape index (κ2) is 8.13. The van der Waals surface area contributed by atoms with Crippen LogP contribution in [0.3, 0.4) is 0 Å². The van der Waals surface area contributed by atoms with E-state index >= 15 is 0 Å². The van der Waals surface area contributed by atoms with E-state index in [9.17, 15) is 4.79 Å². The minimum Gasteiger partial charge on any atom is -0.352 e. The van der Waals surface area contributed by atoms with Gasteiger partial charge in [-0.25, -0.2) is 10.9 Å². The summed E-state index contributed by atoms with van der Waals surface area (Å²) >= 11 is 5.90. The quantitative estimate of drug-likeness (QED) is 0.671. The third kappa shape index (κ3) is 4.33. The average molecular weight is 345 g/mol. The molecule has 2 fully saturated rings. The Morgan fingerprint density at radius 2 is 1.82 bits per heavy atom. The zero-order valence-electron chi connectivity index (χ0n) is 12.3. The zero-order chi connectivity index (χ0) is 14.7. The summed E-state index contributed by atoms with van der Waals surface area (Å²) in [6, 6.07) is 8.01. The van der Waals surface area contributed by atoms with Gasteiger partial charge in [-0.1, -0.05) is 23.7 Å². The van der Waals surface area contributed by atoms with Crippen molar-refractivity contribution in [1.29, 1.82) is 0 Å². The van der Waals surface area contributed by atoms with Gasteiger partial charge in [0.2, 0.25) is 5.91 Å². The highest BCUT2D eigenvalue weighted by Crippen LogP contribution is 2.23. The van der Waals surface area contributed by atoms with Crippen LogP contribution >= 0.6 is 24.0 Å². The lowest BCUT2D eigenvalue weighted by atomic mass is 10.0. The van der Waals surface area contributed by atoms with E-state index in [0.29, 0.717) is 6.04 Å². The average Bonchev–Trinajstić information content (AvgIpc) is 2.99. The van der Waals surface area contributed by atoms with Gasteiger partial charge in [0, 0.05) is 17.1 Å². The van der Waals surface area contributed by atoms with Gasteiger partial charge in [0.15, 0.2) is 0 Å². The Morgan fingerprint density at radius 3 is 2.50 bits per heavy atom. The molecule has 1 aromatic rings. The number of benzene rings is 1. The van der Waals surface area contributed by atoms with Crippen molar-refractivity contribution in [3.63, 3.8) is 0 Å². The van der Waals surface area contributed by atoms with Crippen molar-refractivity contribution >= 4 is 29.9 Å². The number of hydrogen-bond donors (Lipinski definition) is 4. The van der Waals surface area contributed by atoms with Crippen LogP contribution in [0.15, 0.2) is 24.3 Å². The molecule has 4 N–H and O–H groups in total. The lowest BCUT2D eigenvalue weighted by Gasteiger charge is -2.24. The number of carbonyl (C=O) groups is 1. The van der Waals surface area contributed by atoms with Gasteiger partial charge in [-0.2, -0.15) is 0 Å². The molecule has 0 bridgehead atoms. The van der Waals surface area contributed by atoms with Crippen LogP contribution in [-0.2, 0) is 4.79 Å². The van der Waals surface area contributed by atoms with Crippen LogP contribution in [0.1, 0.15) is 30.9 Å². The number of rotatable bonds is 3. The lowest BCUT2D eigenvalue weighted by Crippen LogP contribution is -2.49. The van der Waals surface area contributed by atoms with E-state index in [0.717, 1.165) is 42.9 Å². The molecule has 2 aliphatic heterocycles. The molecule has 2 atom stereocenters. The van der Waals surface area contributed by atoms with E-state index in [2.05, 4.69) is 21.5 Å². The molecular formula is C15H22Cl2N4O. The molecule has 7 heteroatoms. The standard InChI is InChI=1S/C15H21ClN4O.ClH/c16-11-3-1-10(2-4-11)13-9-14(20-19-13)15(21)18-12-5-7-17-8-6-12;/h1-4,12-14,17,19-20H,5-9H2,(H,18,21);1H. The number of hydrogen-bond acceptors (Lipinski definition) is 4. The topological polar surface area (TPSA) is 65.2 Å². The van der Waals surface area contributed by atoms with Gasteiger partial charge in [0.05, 0.1) is 0 Å². The minimum absolute atomic E-state index is 0. The molecule has 2 saturated heterocycles. The Kier molecular flexibility index (Phi) is 6.47. The molecule has 122 valence electrons. The summed E-state index contributed by atoms with van der Waals surface area (Å²) in [5, 5.41) is 7.17. The van der Waals surface area contributed by atoms with E-state index in [1.807, 2.05) is 24.3 Å². The van der Waals surface area contributed by atoms with Crippen molar-refractivity contribution in [1.82, 2.24) is 21.5 Å². The number of hydrazine groups is 1. The second-order valence-corrected chi connectivity index (χ2v) is 6.15. The number of halogens is 2. The molecular weight excluding hydrogens is 323 g/mol. The highest BCUT2D eigenvalue weighted by atomic mass is 35.5. The van der Waals surface area contributed by atoms with Gasteiger partial charge in [-0.15, -0.1) is 12.4 Å². The van der Waals surface area contributed by atoms with E-state index in [-0.39, 0.29) is 30.4 Å². The zero-order valence-corrected chi connectivity index (χ0v) is 13.8. The summed E-state index contributed by atoms with van der Waals surface area (Å²) < 4.78 is 0. The first kappa shape index (κ1) is 17.5. The van der Waals surface area contributed by atoms with Gasteiger partial charge in [-0.3, -0.25) is 4.79 Å². The Balaban J connectivity index is 0.00000176.